The third-order valence-electron chi connectivity index (χ3n) is 3.18. The molecule has 0 spiro atoms. The molecule has 88 valence electrons. The van der Waals surface area contributed by atoms with Crippen molar-refractivity contribution < 1.29 is 14.6 Å². The van der Waals surface area contributed by atoms with Gasteiger partial charge in [0.15, 0.2) is 0 Å². The van der Waals surface area contributed by atoms with Crippen LogP contribution in [0.5, 0.6) is 0 Å². The van der Waals surface area contributed by atoms with Crippen LogP contribution in [0, 0.1) is 17.3 Å². The molecule has 15 heavy (non-hydrogen) atoms. The molecule has 1 aliphatic rings. The lowest BCUT2D eigenvalue weighted by Gasteiger charge is -2.24. The largest absolute Gasteiger partial charge is 0.481 e. The second kappa shape index (κ2) is 4.97. The molecule has 1 unspecified atom stereocenters. The van der Waals surface area contributed by atoms with E-state index < -0.39 is 11.4 Å². The van der Waals surface area contributed by atoms with Gasteiger partial charge in [-0.2, -0.15) is 0 Å². The molecule has 1 saturated carbocycles. The Balaban J connectivity index is 2.30. The molecule has 0 aromatic heterocycles. The van der Waals surface area contributed by atoms with Crippen LogP contribution in [0.25, 0.3) is 0 Å². The van der Waals surface area contributed by atoms with E-state index in [-0.39, 0.29) is 0 Å². The minimum Gasteiger partial charge on any atom is -0.481 e. The maximum Gasteiger partial charge on any atom is 0.309 e. The molecular weight excluding hydrogens is 192 g/mol. The van der Waals surface area contributed by atoms with Gasteiger partial charge < -0.3 is 9.84 Å². The summed E-state index contributed by atoms with van der Waals surface area (Å²) in [7, 11) is 0. The van der Waals surface area contributed by atoms with Crippen molar-refractivity contribution in [2.45, 2.75) is 40.0 Å². The molecule has 0 aliphatic heterocycles. The van der Waals surface area contributed by atoms with Gasteiger partial charge in [-0.05, 0) is 38.0 Å². The lowest BCUT2D eigenvalue weighted by molar-refractivity contribution is -0.150. The van der Waals surface area contributed by atoms with Crippen molar-refractivity contribution in [3.63, 3.8) is 0 Å². The smallest absolute Gasteiger partial charge is 0.309 e. The Kier molecular flexibility index (Phi) is 4.14. The fourth-order valence-electron chi connectivity index (χ4n) is 1.81. The fraction of sp³-hybridized carbons (Fsp3) is 0.917. The first-order chi connectivity index (χ1) is 6.97. The molecule has 1 rings (SSSR count). The Bertz CT molecular complexity index is 221. The van der Waals surface area contributed by atoms with Crippen molar-refractivity contribution in [1.29, 1.82) is 0 Å². The number of rotatable bonds is 7. The molecule has 1 N–H and O–H groups in total. The molecular formula is C12H22O3. The van der Waals surface area contributed by atoms with Crippen LogP contribution >= 0.6 is 0 Å². The van der Waals surface area contributed by atoms with Crippen LogP contribution in [-0.4, -0.2) is 24.3 Å². The third-order valence-corrected chi connectivity index (χ3v) is 3.18. The number of carboxylic acid groups (broad SMARTS) is 1. The predicted octanol–water partition coefficient (Wildman–Crippen LogP) is 2.55. The SMILES string of the molecule is CC(C)COCCC(C)(C(=O)O)C1CC1. The number of carbonyl (C=O) groups is 1. The van der Waals surface area contributed by atoms with Crippen molar-refractivity contribution in [2.24, 2.45) is 17.3 Å². The normalized spacial score (nSPS) is 20.3. The number of carboxylic acids is 1. The van der Waals surface area contributed by atoms with Gasteiger partial charge >= 0.3 is 5.97 Å². The van der Waals surface area contributed by atoms with Gasteiger partial charge in [0.2, 0.25) is 0 Å². The monoisotopic (exact) mass is 214 g/mol. The van der Waals surface area contributed by atoms with Crippen molar-refractivity contribution in [1.82, 2.24) is 0 Å². The van der Waals surface area contributed by atoms with Gasteiger partial charge in [0.1, 0.15) is 0 Å². The van der Waals surface area contributed by atoms with Crippen molar-refractivity contribution >= 4 is 5.97 Å². The number of hydrogen-bond donors (Lipinski definition) is 1. The summed E-state index contributed by atoms with van der Waals surface area (Å²) in [4.78, 5) is 11.2. The molecule has 0 bridgehead atoms. The number of hydrogen-bond acceptors (Lipinski definition) is 2. The summed E-state index contributed by atoms with van der Waals surface area (Å²) in [6, 6.07) is 0. The van der Waals surface area contributed by atoms with Gasteiger partial charge in [-0.25, -0.2) is 0 Å². The van der Waals surface area contributed by atoms with E-state index in [0.29, 0.717) is 24.9 Å². The fourth-order valence-corrected chi connectivity index (χ4v) is 1.81. The highest BCUT2D eigenvalue weighted by molar-refractivity contribution is 5.75. The van der Waals surface area contributed by atoms with E-state index in [1.54, 1.807) is 0 Å². The zero-order chi connectivity index (χ0) is 11.5. The van der Waals surface area contributed by atoms with Crippen LogP contribution in [-0.2, 0) is 9.53 Å². The molecule has 0 amide bonds. The zero-order valence-electron chi connectivity index (χ0n) is 9.95. The van der Waals surface area contributed by atoms with Gasteiger partial charge in [0, 0.05) is 13.2 Å². The van der Waals surface area contributed by atoms with Crippen LogP contribution in [0.3, 0.4) is 0 Å². The average Bonchev–Trinajstić information content (AvgIpc) is 2.94. The lowest BCUT2D eigenvalue weighted by Crippen LogP contribution is -2.31. The van der Waals surface area contributed by atoms with Gasteiger partial charge in [0.25, 0.3) is 0 Å². The molecule has 0 radical (unpaired) electrons. The van der Waals surface area contributed by atoms with Crippen molar-refractivity contribution in [2.75, 3.05) is 13.2 Å². The van der Waals surface area contributed by atoms with Gasteiger partial charge in [-0.15, -0.1) is 0 Å². The Labute approximate surface area is 91.8 Å². The summed E-state index contributed by atoms with van der Waals surface area (Å²) in [5, 5.41) is 9.20. The van der Waals surface area contributed by atoms with Crippen LogP contribution in [0.1, 0.15) is 40.0 Å². The summed E-state index contributed by atoms with van der Waals surface area (Å²) in [6.45, 7) is 7.33. The quantitative estimate of drug-likeness (QED) is 0.662. The molecule has 3 nitrogen and oxygen atoms in total. The molecule has 0 heterocycles. The molecule has 3 heteroatoms. The van der Waals surface area contributed by atoms with E-state index in [0.717, 1.165) is 19.4 Å². The minimum atomic E-state index is -0.668. The number of aliphatic carboxylic acids is 1. The molecule has 1 fully saturated rings. The first-order valence-electron chi connectivity index (χ1n) is 5.78. The predicted molar refractivity (Wildman–Crippen MR) is 58.7 cm³/mol. The van der Waals surface area contributed by atoms with Crippen LogP contribution in [0.2, 0.25) is 0 Å². The highest BCUT2D eigenvalue weighted by Crippen LogP contribution is 2.47. The van der Waals surface area contributed by atoms with Gasteiger partial charge in [0.05, 0.1) is 5.41 Å². The molecule has 0 aromatic rings. The van der Waals surface area contributed by atoms with E-state index >= 15 is 0 Å². The van der Waals surface area contributed by atoms with E-state index in [2.05, 4.69) is 13.8 Å². The summed E-state index contributed by atoms with van der Waals surface area (Å²) < 4.78 is 5.46. The summed E-state index contributed by atoms with van der Waals surface area (Å²) in [5.74, 6) is 0.220. The second-order valence-electron chi connectivity index (χ2n) is 5.22. The molecule has 0 aromatic carbocycles. The average molecular weight is 214 g/mol. The highest BCUT2D eigenvalue weighted by Gasteiger charge is 2.46. The zero-order valence-corrected chi connectivity index (χ0v) is 9.95. The Hall–Kier alpha value is -0.570. The lowest BCUT2D eigenvalue weighted by atomic mass is 9.82. The summed E-state index contributed by atoms with van der Waals surface area (Å²) >= 11 is 0. The van der Waals surface area contributed by atoms with Crippen LogP contribution in [0.15, 0.2) is 0 Å². The van der Waals surface area contributed by atoms with E-state index in [4.69, 9.17) is 4.74 Å². The highest BCUT2D eigenvalue weighted by atomic mass is 16.5. The maximum atomic E-state index is 11.2. The number of ether oxygens (including phenoxy) is 1. The molecule has 0 saturated heterocycles. The third kappa shape index (κ3) is 3.49. The van der Waals surface area contributed by atoms with Gasteiger partial charge in [-0.3, -0.25) is 4.79 Å². The van der Waals surface area contributed by atoms with Crippen molar-refractivity contribution in [3.8, 4) is 0 Å². The Morgan fingerprint density at radius 1 is 1.53 bits per heavy atom. The standard InChI is InChI=1S/C12H22O3/c1-9(2)8-15-7-6-12(3,11(13)14)10-4-5-10/h9-10H,4-8H2,1-3H3,(H,13,14). The van der Waals surface area contributed by atoms with E-state index in [9.17, 15) is 9.90 Å². The summed E-state index contributed by atoms with van der Waals surface area (Å²) in [5.41, 5.74) is -0.559. The Morgan fingerprint density at radius 2 is 2.13 bits per heavy atom. The first kappa shape index (κ1) is 12.5. The maximum absolute atomic E-state index is 11.2. The van der Waals surface area contributed by atoms with Crippen LogP contribution in [0.4, 0.5) is 0 Å². The molecule has 1 aliphatic carbocycles. The van der Waals surface area contributed by atoms with Crippen molar-refractivity contribution in [3.05, 3.63) is 0 Å². The van der Waals surface area contributed by atoms with Gasteiger partial charge in [-0.1, -0.05) is 13.8 Å². The first-order valence-corrected chi connectivity index (χ1v) is 5.78. The topological polar surface area (TPSA) is 46.5 Å². The van der Waals surface area contributed by atoms with E-state index in [1.807, 2.05) is 6.92 Å². The minimum absolute atomic E-state index is 0.373. The summed E-state index contributed by atoms with van der Waals surface area (Å²) in [6.07, 6.45) is 2.76. The van der Waals surface area contributed by atoms with E-state index in [1.165, 1.54) is 0 Å². The Morgan fingerprint density at radius 3 is 2.53 bits per heavy atom. The van der Waals surface area contributed by atoms with Crippen LogP contribution < -0.4 is 0 Å². The molecule has 1 atom stereocenters. The second-order valence-corrected chi connectivity index (χ2v) is 5.22.